The monoisotopic (exact) mass is 226 g/mol. The van der Waals surface area contributed by atoms with Crippen molar-refractivity contribution in [3.63, 3.8) is 0 Å². The van der Waals surface area contributed by atoms with Crippen LogP contribution in [-0.4, -0.2) is 5.78 Å². The van der Waals surface area contributed by atoms with Crippen molar-refractivity contribution in [1.82, 2.24) is 0 Å². The molecule has 0 unspecified atom stereocenters. The van der Waals surface area contributed by atoms with Crippen LogP contribution >= 0.6 is 15.9 Å². The second kappa shape index (κ2) is 3.85. The Hall–Kier alpha value is -0.630. The van der Waals surface area contributed by atoms with Gasteiger partial charge in [0.2, 0.25) is 0 Å². The first-order valence-electron chi connectivity index (χ1n) is 3.84. The van der Waals surface area contributed by atoms with E-state index in [9.17, 15) is 4.79 Å². The van der Waals surface area contributed by atoms with E-state index in [1.807, 2.05) is 25.1 Å². The number of carbonyl (C=O) groups excluding carboxylic acids is 1. The molecule has 0 N–H and O–H groups in total. The highest BCUT2D eigenvalue weighted by Crippen LogP contribution is 2.19. The van der Waals surface area contributed by atoms with Crippen molar-refractivity contribution < 1.29 is 4.79 Å². The number of hydrogen-bond donors (Lipinski definition) is 0. The molecule has 0 bridgehead atoms. The molecule has 0 amide bonds. The maximum absolute atomic E-state index is 10.9. The van der Waals surface area contributed by atoms with Crippen molar-refractivity contribution in [2.24, 2.45) is 0 Å². The highest BCUT2D eigenvalue weighted by Gasteiger charge is 2.03. The third-order valence-electron chi connectivity index (χ3n) is 1.82. The van der Waals surface area contributed by atoms with Gasteiger partial charge in [-0.15, -0.1) is 0 Å². The van der Waals surface area contributed by atoms with E-state index >= 15 is 0 Å². The van der Waals surface area contributed by atoms with Crippen LogP contribution in [0.3, 0.4) is 0 Å². The SMILES string of the molecule is CC(=O)Cc1cccc(Br)c1C. The Morgan fingerprint density at radius 3 is 2.75 bits per heavy atom. The Labute approximate surface area is 80.9 Å². The molecule has 0 aliphatic heterocycles. The largest absolute Gasteiger partial charge is 0.300 e. The van der Waals surface area contributed by atoms with E-state index in [0.717, 1.165) is 15.6 Å². The summed E-state index contributed by atoms with van der Waals surface area (Å²) in [6.45, 7) is 3.63. The van der Waals surface area contributed by atoms with Crippen LogP contribution in [0.4, 0.5) is 0 Å². The summed E-state index contributed by atoms with van der Waals surface area (Å²) in [5, 5.41) is 0. The zero-order valence-electron chi connectivity index (χ0n) is 7.23. The maximum Gasteiger partial charge on any atom is 0.134 e. The number of benzene rings is 1. The molecule has 0 saturated heterocycles. The standard InChI is InChI=1S/C10H11BrO/c1-7(12)6-9-4-3-5-10(11)8(9)2/h3-5H,6H2,1-2H3. The molecule has 0 aromatic heterocycles. The normalized spacial score (nSPS) is 9.92. The number of carbonyl (C=O) groups is 1. The first-order chi connectivity index (χ1) is 5.61. The lowest BCUT2D eigenvalue weighted by atomic mass is 10.0. The number of hydrogen-bond acceptors (Lipinski definition) is 1. The fraction of sp³-hybridized carbons (Fsp3) is 0.300. The van der Waals surface area contributed by atoms with E-state index in [0.29, 0.717) is 6.42 Å². The number of rotatable bonds is 2. The molecule has 0 aliphatic carbocycles. The zero-order valence-corrected chi connectivity index (χ0v) is 8.81. The molecule has 0 aliphatic rings. The van der Waals surface area contributed by atoms with Gasteiger partial charge < -0.3 is 0 Å². The molecular weight excluding hydrogens is 216 g/mol. The van der Waals surface area contributed by atoms with E-state index in [1.54, 1.807) is 6.92 Å². The van der Waals surface area contributed by atoms with Crippen LogP contribution < -0.4 is 0 Å². The zero-order chi connectivity index (χ0) is 9.14. The molecule has 0 heterocycles. The highest BCUT2D eigenvalue weighted by molar-refractivity contribution is 9.10. The number of halogens is 1. The topological polar surface area (TPSA) is 17.1 Å². The van der Waals surface area contributed by atoms with Gasteiger partial charge in [0.25, 0.3) is 0 Å². The molecule has 1 aromatic carbocycles. The van der Waals surface area contributed by atoms with Crippen LogP contribution in [0.15, 0.2) is 22.7 Å². The first-order valence-corrected chi connectivity index (χ1v) is 4.64. The lowest BCUT2D eigenvalue weighted by molar-refractivity contribution is -0.116. The Kier molecular flexibility index (Phi) is 3.04. The summed E-state index contributed by atoms with van der Waals surface area (Å²) in [6, 6.07) is 5.93. The Morgan fingerprint density at radius 1 is 1.50 bits per heavy atom. The minimum Gasteiger partial charge on any atom is -0.300 e. The average molecular weight is 227 g/mol. The van der Waals surface area contributed by atoms with Crippen LogP contribution in [0.25, 0.3) is 0 Å². The molecule has 1 rings (SSSR count). The quantitative estimate of drug-likeness (QED) is 0.759. The van der Waals surface area contributed by atoms with E-state index in [-0.39, 0.29) is 5.78 Å². The predicted octanol–water partition coefficient (Wildman–Crippen LogP) is 2.89. The van der Waals surface area contributed by atoms with Crippen molar-refractivity contribution in [1.29, 1.82) is 0 Å². The molecule has 0 atom stereocenters. The molecular formula is C10H11BrO. The average Bonchev–Trinajstić information content (AvgIpc) is 1.98. The van der Waals surface area contributed by atoms with Crippen molar-refractivity contribution in [3.05, 3.63) is 33.8 Å². The van der Waals surface area contributed by atoms with Gasteiger partial charge in [-0.05, 0) is 31.0 Å². The lowest BCUT2D eigenvalue weighted by Crippen LogP contribution is -1.98. The van der Waals surface area contributed by atoms with E-state index in [1.165, 1.54) is 0 Å². The van der Waals surface area contributed by atoms with Gasteiger partial charge in [-0.1, -0.05) is 28.1 Å². The van der Waals surface area contributed by atoms with Gasteiger partial charge in [-0.25, -0.2) is 0 Å². The van der Waals surface area contributed by atoms with Crippen LogP contribution in [-0.2, 0) is 11.2 Å². The highest BCUT2D eigenvalue weighted by atomic mass is 79.9. The summed E-state index contributed by atoms with van der Waals surface area (Å²) in [5.74, 6) is 0.205. The molecule has 1 aromatic rings. The van der Waals surface area contributed by atoms with Gasteiger partial charge in [0.1, 0.15) is 5.78 Å². The second-order valence-corrected chi connectivity index (χ2v) is 3.76. The molecule has 12 heavy (non-hydrogen) atoms. The summed E-state index contributed by atoms with van der Waals surface area (Å²) in [5.41, 5.74) is 2.27. The van der Waals surface area contributed by atoms with Crippen LogP contribution in [0.2, 0.25) is 0 Å². The summed E-state index contributed by atoms with van der Waals surface area (Å²) >= 11 is 3.42. The predicted molar refractivity (Wildman–Crippen MR) is 53.3 cm³/mol. The van der Waals surface area contributed by atoms with Gasteiger partial charge in [0, 0.05) is 10.9 Å². The third-order valence-corrected chi connectivity index (χ3v) is 2.68. The number of ketones is 1. The molecule has 0 radical (unpaired) electrons. The van der Waals surface area contributed by atoms with E-state index in [4.69, 9.17) is 0 Å². The summed E-state index contributed by atoms with van der Waals surface area (Å²) < 4.78 is 1.07. The fourth-order valence-corrected chi connectivity index (χ4v) is 1.52. The Morgan fingerprint density at radius 2 is 2.17 bits per heavy atom. The summed E-state index contributed by atoms with van der Waals surface area (Å²) in [4.78, 5) is 10.9. The lowest BCUT2D eigenvalue weighted by Gasteiger charge is -2.04. The molecule has 64 valence electrons. The van der Waals surface area contributed by atoms with Gasteiger partial charge in [0.15, 0.2) is 0 Å². The smallest absolute Gasteiger partial charge is 0.134 e. The van der Waals surface area contributed by atoms with Gasteiger partial charge in [0.05, 0.1) is 0 Å². The van der Waals surface area contributed by atoms with Crippen molar-refractivity contribution in [2.75, 3.05) is 0 Å². The van der Waals surface area contributed by atoms with E-state index < -0.39 is 0 Å². The molecule has 0 spiro atoms. The number of Topliss-reactive ketones (excluding diaryl/α,β-unsaturated/α-hetero) is 1. The van der Waals surface area contributed by atoms with Crippen molar-refractivity contribution in [2.45, 2.75) is 20.3 Å². The molecule has 0 fully saturated rings. The molecule has 2 heteroatoms. The van der Waals surface area contributed by atoms with E-state index in [2.05, 4.69) is 15.9 Å². The van der Waals surface area contributed by atoms with Crippen LogP contribution in [0.1, 0.15) is 18.1 Å². The molecule has 1 nitrogen and oxygen atoms in total. The molecule has 0 saturated carbocycles. The van der Waals surface area contributed by atoms with Crippen molar-refractivity contribution in [3.8, 4) is 0 Å². The van der Waals surface area contributed by atoms with Crippen LogP contribution in [0.5, 0.6) is 0 Å². The van der Waals surface area contributed by atoms with Gasteiger partial charge >= 0.3 is 0 Å². The Balaban J connectivity index is 3.00. The fourth-order valence-electron chi connectivity index (χ4n) is 1.11. The maximum atomic E-state index is 10.9. The summed E-state index contributed by atoms with van der Waals surface area (Å²) in [7, 11) is 0. The van der Waals surface area contributed by atoms with Gasteiger partial charge in [-0.2, -0.15) is 0 Å². The minimum atomic E-state index is 0.205. The van der Waals surface area contributed by atoms with Crippen LogP contribution in [0, 0.1) is 6.92 Å². The Bertz CT molecular complexity index is 305. The second-order valence-electron chi connectivity index (χ2n) is 2.90. The van der Waals surface area contributed by atoms with Gasteiger partial charge in [-0.3, -0.25) is 4.79 Å². The first kappa shape index (κ1) is 9.46. The minimum absolute atomic E-state index is 0.205. The van der Waals surface area contributed by atoms with Crippen molar-refractivity contribution >= 4 is 21.7 Å². The summed E-state index contributed by atoms with van der Waals surface area (Å²) in [6.07, 6.45) is 0.533. The third kappa shape index (κ3) is 2.18.